The normalized spacial score (nSPS) is 13.3. The number of aromatic nitrogens is 4. The molecule has 2 aromatic heterocycles. The summed E-state index contributed by atoms with van der Waals surface area (Å²) >= 11 is 0. The first-order valence-corrected chi connectivity index (χ1v) is 24.9. The molecule has 2 saturated heterocycles. The Labute approximate surface area is 429 Å². The van der Waals surface area contributed by atoms with Gasteiger partial charge in [0.25, 0.3) is 0 Å². The Balaban J connectivity index is 0.000000219. The highest BCUT2D eigenvalue weighted by Gasteiger charge is 2.23. The van der Waals surface area contributed by atoms with Crippen molar-refractivity contribution in [3.63, 3.8) is 0 Å². The number of hydrogen-bond acceptors (Lipinski definition) is 11. The van der Waals surface area contributed by atoms with Gasteiger partial charge in [-0.3, -0.25) is 9.59 Å². The van der Waals surface area contributed by atoms with Crippen LogP contribution in [0.25, 0.3) is 0 Å². The second-order valence-corrected chi connectivity index (χ2v) is 18.2. The molecule has 0 saturated carbocycles. The molecule has 14 nitrogen and oxygen atoms in total. The summed E-state index contributed by atoms with van der Waals surface area (Å²) in [6.45, 7) is 7.23. The monoisotopic (exact) mass is 981 g/mol. The summed E-state index contributed by atoms with van der Waals surface area (Å²) in [5.74, 6) is 0.982. The zero-order valence-electron chi connectivity index (χ0n) is 40.9. The van der Waals surface area contributed by atoms with Crippen molar-refractivity contribution in [3.8, 4) is 0 Å². The molecule has 7 aromatic rings. The molecule has 0 aliphatic carbocycles. The molecule has 5 aromatic carbocycles. The van der Waals surface area contributed by atoms with Crippen LogP contribution in [0.2, 0.25) is 0 Å². The molecule has 0 bridgehead atoms. The average molecular weight is 981 g/mol. The fraction of sp³-hybridized carbons (Fsp3) is 0.305. The molecule has 2 aliphatic heterocycles. The lowest BCUT2D eigenvalue weighted by molar-refractivity contribution is -0.118. The van der Waals surface area contributed by atoms with Gasteiger partial charge < -0.3 is 36.2 Å². The van der Waals surface area contributed by atoms with Gasteiger partial charge in [-0.15, -0.1) is 0 Å². The molecule has 14 heteroatoms. The van der Waals surface area contributed by atoms with Gasteiger partial charge in [-0.1, -0.05) is 111 Å². The van der Waals surface area contributed by atoms with Gasteiger partial charge in [0.05, 0.1) is 12.8 Å². The Kier molecular flexibility index (Phi) is 19.6. The Morgan fingerprint density at radius 1 is 0.493 bits per heavy atom. The van der Waals surface area contributed by atoms with Crippen LogP contribution in [0.3, 0.4) is 0 Å². The van der Waals surface area contributed by atoms with E-state index in [0.717, 1.165) is 127 Å². The molecular weight excluding hydrogens is 913 g/mol. The maximum Gasteiger partial charge on any atom is 0.410 e. The van der Waals surface area contributed by atoms with Crippen LogP contribution in [0.1, 0.15) is 69.4 Å². The first-order valence-electron chi connectivity index (χ1n) is 24.9. The Bertz CT molecular complexity index is 2850. The summed E-state index contributed by atoms with van der Waals surface area (Å²) in [6, 6.07) is 46.7. The number of primary amides is 2. The van der Waals surface area contributed by atoms with E-state index < -0.39 is 0 Å². The fourth-order valence-electron chi connectivity index (χ4n) is 9.08. The minimum Gasteiger partial charge on any atom is -0.445 e. The number of amides is 3. The molecule has 9 rings (SSSR count). The molecule has 0 radical (unpaired) electrons. The number of rotatable bonds is 18. The van der Waals surface area contributed by atoms with Crippen molar-refractivity contribution >= 4 is 29.3 Å². The number of ether oxygens (including phenoxy) is 1. The molecule has 73 heavy (non-hydrogen) atoms. The maximum absolute atomic E-state index is 12.5. The summed E-state index contributed by atoms with van der Waals surface area (Å²) in [5, 5.41) is 3.39. The van der Waals surface area contributed by atoms with E-state index in [9.17, 15) is 14.4 Å². The standard InChI is InChI=1S/C33H35N5O3.C25H29N5O.CH4/c34-31(39)23-28-9-5-4-8-27(28)12-13-29-16-17-35-32(36-29)22-25-10-14-30(15-11-25)37-18-20-38(21-19-37)33(40)41-24-26-6-2-1-3-7-26;26-24(31)18-21-4-2-1-3-20(21)7-8-22-11-12-28-25(29-22)17-19-5-9-23(10-6-19)30-15-13-27-14-16-30;/h1-11,14-17H,12-13,18-24H2,(H2,34,39);1-6,9-12,27H,7-8,13-18H2,(H2,26,31);1H4. The number of carbonyl (C=O) groups is 3. The van der Waals surface area contributed by atoms with Crippen LogP contribution in [0.5, 0.6) is 0 Å². The molecule has 3 amide bonds. The van der Waals surface area contributed by atoms with E-state index in [-0.39, 0.29) is 38.2 Å². The summed E-state index contributed by atoms with van der Waals surface area (Å²) < 4.78 is 5.49. The van der Waals surface area contributed by atoms with Gasteiger partial charge in [0.2, 0.25) is 11.8 Å². The molecule has 5 N–H and O–H groups in total. The molecule has 4 heterocycles. The first kappa shape index (κ1) is 52.8. The van der Waals surface area contributed by atoms with Gasteiger partial charge in [-0.25, -0.2) is 24.7 Å². The van der Waals surface area contributed by atoms with Crippen LogP contribution in [0, 0.1) is 0 Å². The van der Waals surface area contributed by atoms with Crippen molar-refractivity contribution in [2.24, 2.45) is 11.5 Å². The number of nitrogens with two attached hydrogens (primary N) is 2. The summed E-state index contributed by atoms with van der Waals surface area (Å²) in [4.78, 5) is 60.2. The van der Waals surface area contributed by atoms with Crippen LogP contribution in [-0.4, -0.2) is 95.1 Å². The zero-order chi connectivity index (χ0) is 49.9. The van der Waals surface area contributed by atoms with Crippen molar-refractivity contribution in [2.45, 2.75) is 65.4 Å². The second kappa shape index (κ2) is 27.0. The topological polar surface area (TPSA) is 186 Å². The molecule has 2 aliphatic rings. The Morgan fingerprint density at radius 2 is 0.932 bits per heavy atom. The van der Waals surface area contributed by atoms with Gasteiger partial charge in [-0.05, 0) is 101 Å². The second-order valence-electron chi connectivity index (χ2n) is 18.2. The van der Waals surface area contributed by atoms with E-state index >= 15 is 0 Å². The van der Waals surface area contributed by atoms with Gasteiger partial charge >= 0.3 is 6.09 Å². The molecule has 378 valence electrons. The van der Waals surface area contributed by atoms with Crippen LogP contribution < -0.4 is 26.6 Å². The van der Waals surface area contributed by atoms with E-state index in [0.29, 0.717) is 32.5 Å². The smallest absolute Gasteiger partial charge is 0.410 e. The van der Waals surface area contributed by atoms with Crippen molar-refractivity contribution in [2.75, 3.05) is 62.2 Å². The first-order chi connectivity index (χ1) is 35.2. The lowest BCUT2D eigenvalue weighted by atomic mass is 9.99. The number of piperazine rings is 2. The number of nitrogens with one attached hydrogen (secondary N) is 1. The van der Waals surface area contributed by atoms with E-state index in [1.165, 1.54) is 11.3 Å². The highest BCUT2D eigenvalue weighted by atomic mass is 16.6. The van der Waals surface area contributed by atoms with Gasteiger partial charge in [0.15, 0.2) is 0 Å². The number of aryl methyl sites for hydroxylation is 4. The third-order valence-corrected chi connectivity index (χ3v) is 13.0. The van der Waals surface area contributed by atoms with Crippen molar-refractivity contribution in [1.29, 1.82) is 0 Å². The quantitative estimate of drug-likeness (QED) is 0.0786. The fourth-order valence-corrected chi connectivity index (χ4v) is 9.08. The SMILES string of the molecule is C.NC(=O)Cc1ccccc1CCc1ccnc(Cc2ccc(N3CCN(C(=O)OCc4ccccc4)CC3)cc2)n1.NC(=O)Cc1ccccc1CCc1ccnc(Cc2ccc(N3CCNCC3)cc2)n1. The maximum atomic E-state index is 12.5. The van der Waals surface area contributed by atoms with Crippen molar-refractivity contribution in [1.82, 2.24) is 30.2 Å². The molecule has 2 fully saturated rings. The molecule has 0 unspecified atom stereocenters. The number of hydrogen-bond donors (Lipinski definition) is 3. The molecule has 0 atom stereocenters. The van der Waals surface area contributed by atoms with E-state index in [1.807, 2.05) is 97.3 Å². The Morgan fingerprint density at radius 3 is 1.40 bits per heavy atom. The lowest BCUT2D eigenvalue weighted by Gasteiger charge is -2.35. The number of nitrogens with zero attached hydrogens (tertiary/aromatic N) is 7. The van der Waals surface area contributed by atoms with E-state index in [2.05, 4.69) is 79.7 Å². The summed E-state index contributed by atoms with van der Waals surface area (Å²) in [7, 11) is 0. The average Bonchev–Trinajstić information content (AvgIpc) is 3.41. The van der Waals surface area contributed by atoms with Crippen LogP contribution >= 0.6 is 0 Å². The van der Waals surface area contributed by atoms with Crippen LogP contribution in [-0.2, 0) is 72.3 Å². The summed E-state index contributed by atoms with van der Waals surface area (Å²) in [5.41, 5.74) is 22.7. The zero-order valence-corrected chi connectivity index (χ0v) is 40.9. The van der Waals surface area contributed by atoms with Gasteiger partial charge in [-0.2, -0.15) is 0 Å². The summed E-state index contributed by atoms with van der Waals surface area (Å²) in [6.07, 6.45) is 8.43. The number of carbonyl (C=O) groups excluding carboxylic acids is 3. The van der Waals surface area contributed by atoms with E-state index in [1.54, 1.807) is 4.90 Å². The number of benzene rings is 5. The number of anilines is 2. The highest BCUT2D eigenvalue weighted by molar-refractivity contribution is 5.77. The van der Waals surface area contributed by atoms with Crippen molar-refractivity contribution in [3.05, 3.63) is 214 Å². The Hall–Kier alpha value is -7.97. The van der Waals surface area contributed by atoms with Crippen LogP contribution in [0.4, 0.5) is 16.2 Å². The minimum atomic E-state index is -0.325. The predicted molar refractivity (Wildman–Crippen MR) is 288 cm³/mol. The van der Waals surface area contributed by atoms with Crippen molar-refractivity contribution < 1.29 is 19.1 Å². The molecule has 0 spiro atoms. The predicted octanol–water partition coefficient (Wildman–Crippen LogP) is 7.27. The van der Waals surface area contributed by atoms with Crippen LogP contribution in [0.15, 0.2) is 152 Å². The van der Waals surface area contributed by atoms with Gasteiger partial charge in [0.1, 0.15) is 18.3 Å². The highest BCUT2D eigenvalue weighted by Crippen LogP contribution is 2.21. The van der Waals surface area contributed by atoms with E-state index in [4.69, 9.17) is 26.2 Å². The minimum absolute atomic E-state index is 0. The molecular formula is C59H68N10O4. The third-order valence-electron chi connectivity index (χ3n) is 13.0. The third kappa shape index (κ3) is 16.3. The lowest BCUT2D eigenvalue weighted by Crippen LogP contribution is -2.48. The van der Waals surface area contributed by atoms with Gasteiger partial charge in [0, 0.05) is 100 Å². The largest absolute Gasteiger partial charge is 0.445 e.